The van der Waals surface area contributed by atoms with Crippen molar-refractivity contribution in [1.82, 2.24) is 5.06 Å². The maximum atomic E-state index is 5.50. The minimum absolute atomic E-state index is 0.413. The monoisotopic (exact) mass is 273 g/mol. The van der Waals surface area contributed by atoms with E-state index in [1.165, 1.54) is 35.3 Å². The number of hydrogen-bond donors (Lipinski definition) is 0. The van der Waals surface area contributed by atoms with Gasteiger partial charge >= 0.3 is 0 Å². The standard InChI is InChI=1S/C16H19NOS/c1-18-17-11-3-2-5-15(17)13-7-9-14(10-8-13)16-6-4-12-19-16/h4,6-10,12,15H,2-3,5,11H2,1H3. The Bertz CT molecular complexity index is 506. The van der Waals surface area contributed by atoms with Gasteiger partial charge in [0, 0.05) is 11.4 Å². The summed E-state index contributed by atoms with van der Waals surface area (Å²) in [6.07, 6.45) is 3.71. The molecule has 0 aliphatic carbocycles. The lowest BCUT2D eigenvalue weighted by Crippen LogP contribution is -2.32. The van der Waals surface area contributed by atoms with E-state index in [2.05, 4.69) is 46.8 Å². The van der Waals surface area contributed by atoms with Gasteiger partial charge in [-0.05, 0) is 35.4 Å². The van der Waals surface area contributed by atoms with Gasteiger partial charge in [0.1, 0.15) is 0 Å². The van der Waals surface area contributed by atoms with Crippen LogP contribution in [0.15, 0.2) is 41.8 Å². The molecule has 3 heteroatoms. The first-order chi connectivity index (χ1) is 9.38. The molecule has 1 atom stereocenters. The van der Waals surface area contributed by atoms with Gasteiger partial charge in [-0.2, -0.15) is 5.06 Å². The summed E-state index contributed by atoms with van der Waals surface area (Å²) in [5.41, 5.74) is 2.67. The average Bonchev–Trinajstić information content (AvgIpc) is 3.02. The molecule has 0 saturated carbocycles. The van der Waals surface area contributed by atoms with Crippen LogP contribution >= 0.6 is 11.3 Å². The van der Waals surface area contributed by atoms with Gasteiger partial charge in [-0.15, -0.1) is 11.3 Å². The number of hydroxylamine groups is 2. The van der Waals surface area contributed by atoms with Crippen molar-refractivity contribution in [2.45, 2.75) is 25.3 Å². The minimum atomic E-state index is 0.413. The molecule has 2 nitrogen and oxygen atoms in total. The minimum Gasteiger partial charge on any atom is -0.302 e. The molecule has 3 rings (SSSR count). The Hall–Kier alpha value is -1.16. The number of nitrogens with zero attached hydrogens (tertiary/aromatic N) is 1. The highest BCUT2D eigenvalue weighted by molar-refractivity contribution is 7.13. The summed E-state index contributed by atoms with van der Waals surface area (Å²) in [5, 5.41) is 4.24. The van der Waals surface area contributed by atoms with Crippen molar-refractivity contribution < 1.29 is 4.84 Å². The maximum Gasteiger partial charge on any atom is 0.0601 e. The maximum absolute atomic E-state index is 5.50. The largest absolute Gasteiger partial charge is 0.302 e. The second-order valence-electron chi connectivity index (χ2n) is 4.93. The van der Waals surface area contributed by atoms with Gasteiger partial charge in [0.15, 0.2) is 0 Å². The van der Waals surface area contributed by atoms with E-state index in [9.17, 15) is 0 Å². The summed E-state index contributed by atoms with van der Waals surface area (Å²) in [6, 6.07) is 13.6. The fraction of sp³-hybridized carbons (Fsp3) is 0.375. The molecule has 1 saturated heterocycles. The Labute approximate surface area is 118 Å². The van der Waals surface area contributed by atoms with Crippen LogP contribution < -0.4 is 0 Å². The van der Waals surface area contributed by atoms with Gasteiger partial charge in [-0.25, -0.2) is 0 Å². The number of thiophene rings is 1. The van der Waals surface area contributed by atoms with E-state index < -0.39 is 0 Å². The van der Waals surface area contributed by atoms with Gasteiger partial charge < -0.3 is 4.84 Å². The first kappa shape index (κ1) is 12.9. The molecule has 19 heavy (non-hydrogen) atoms. The third kappa shape index (κ3) is 2.73. The lowest BCUT2D eigenvalue weighted by molar-refractivity contribution is -0.176. The van der Waals surface area contributed by atoms with E-state index >= 15 is 0 Å². The number of hydrogen-bond acceptors (Lipinski definition) is 3. The predicted octanol–water partition coefficient (Wildman–Crippen LogP) is 4.50. The van der Waals surface area contributed by atoms with Crippen molar-refractivity contribution in [3.63, 3.8) is 0 Å². The van der Waals surface area contributed by atoms with E-state index in [0.29, 0.717) is 6.04 Å². The molecule has 1 fully saturated rings. The third-order valence-corrected chi connectivity index (χ3v) is 4.71. The second kappa shape index (κ2) is 5.87. The fourth-order valence-corrected chi connectivity index (χ4v) is 3.50. The first-order valence-electron chi connectivity index (χ1n) is 6.83. The zero-order valence-electron chi connectivity index (χ0n) is 11.2. The molecule has 0 N–H and O–H groups in total. The molecule has 100 valence electrons. The highest BCUT2D eigenvalue weighted by atomic mass is 32.1. The molecule has 1 aromatic heterocycles. The molecule has 0 radical (unpaired) electrons. The number of benzene rings is 1. The third-order valence-electron chi connectivity index (χ3n) is 3.79. The predicted molar refractivity (Wildman–Crippen MR) is 80.1 cm³/mol. The zero-order valence-corrected chi connectivity index (χ0v) is 12.0. The van der Waals surface area contributed by atoms with Crippen molar-refractivity contribution in [2.75, 3.05) is 13.7 Å². The Morgan fingerprint density at radius 1 is 1.16 bits per heavy atom. The van der Waals surface area contributed by atoms with Crippen molar-refractivity contribution in [3.05, 3.63) is 47.3 Å². The van der Waals surface area contributed by atoms with Crippen LogP contribution in [-0.4, -0.2) is 18.7 Å². The molecule has 2 aromatic rings. The number of rotatable bonds is 3. The average molecular weight is 273 g/mol. The molecule has 1 unspecified atom stereocenters. The smallest absolute Gasteiger partial charge is 0.0601 e. The van der Waals surface area contributed by atoms with Crippen LogP contribution in [0.25, 0.3) is 10.4 Å². The summed E-state index contributed by atoms with van der Waals surface area (Å²) < 4.78 is 0. The molecular formula is C16H19NOS. The van der Waals surface area contributed by atoms with Crippen LogP contribution in [0.1, 0.15) is 30.9 Å². The van der Waals surface area contributed by atoms with E-state index in [1.807, 2.05) is 0 Å². The molecule has 1 aromatic carbocycles. The Kier molecular flexibility index (Phi) is 3.97. The SMILES string of the molecule is CON1CCCCC1c1ccc(-c2cccs2)cc1. The molecule has 0 bridgehead atoms. The summed E-state index contributed by atoms with van der Waals surface area (Å²) in [6.45, 7) is 1.04. The van der Waals surface area contributed by atoms with Gasteiger partial charge in [-0.1, -0.05) is 36.8 Å². The van der Waals surface area contributed by atoms with Gasteiger partial charge in [-0.3, -0.25) is 0 Å². The van der Waals surface area contributed by atoms with Crippen LogP contribution in [0.3, 0.4) is 0 Å². The van der Waals surface area contributed by atoms with Crippen LogP contribution in [0, 0.1) is 0 Å². The van der Waals surface area contributed by atoms with Crippen molar-refractivity contribution >= 4 is 11.3 Å². The molecule has 0 spiro atoms. The summed E-state index contributed by atoms with van der Waals surface area (Å²) in [5.74, 6) is 0. The van der Waals surface area contributed by atoms with E-state index in [0.717, 1.165) is 6.54 Å². The normalized spacial score (nSPS) is 20.6. The van der Waals surface area contributed by atoms with E-state index in [-0.39, 0.29) is 0 Å². The lowest BCUT2D eigenvalue weighted by Gasteiger charge is -2.33. The highest BCUT2D eigenvalue weighted by Gasteiger charge is 2.23. The Morgan fingerprint density at radius 2 is 2.00 bits per heavy atom. The Balaban J connectivity index is 1.81. The topological polar surface area (TPSA) is 12.5 Å². The van der Waals surface area contributed by atoms with Crippen LogP contribution in [-0.2, 0) is 4.84 Å². The first-order valence-corrected chi connectivity index (χ1v) is 7.71. The Morgan fingerprint density at radius 3 is 2.68 bits per heavy atom. The van der Waals surface area contributed by atoms with Gasteiger partial charge in [0.05, 0.1) is 13.2 Å². The molecule has 1 aliphatic heterocycles. The van der Waals surface area contributed by atoms with Gasteiger partial charge in [0.25, 0.3) is 0 Å². The van der Waals surface area contributed by atoms with Crippen molar-refractivity contribution in [1.29, 1.82) is 0 Å². The van der Waals surface area contributed by atoms with E-state index in [4.69, 9.17) is 4.84 Å². The lowest BCUT2D eigenvalue weighted by atomic mass is 9.96. The van der Waals surface area contributed by atoms with Crippen LogP contribution in [0.5, 0.6) is 0 Å². The van der Waals surface area contributed by atoms with Crippen molar-refractivity contribution in [2.24, 2.45) is 0 Å². The molecule has 0 amide bonds. The second-order valence-corrected chi connectivity index (χ2v) is 5.88. The summed E-state index contributed by atoms with van der Waals surface area (Å²) in [4.78, 5) is 6.83. The van der Waals surface area contributed by atoms with E-state index in [1.54, 1.807) is 18.4 Å². The molecular weight excluding hydrogens is 254 g/mol. The zero-order chi connectivity index (χ0) is 13.1. The highest BCUT2D eigenvalue weighted by Crippen LogP contribution is 2.32. The summed E-state index contributed by atoms with van der Waals surface area (Å²) >= 11 is 1.79. The van der Waals surface area contributed by atoms with Crippen LogP contribution in [0.4, 0.5) is 0 Å². The molecule has 2 heterocycles. The van der Waals surface area contributed by atoms with Gasteiger partial charge in [0.2, 0.25) is 0 Å². The number of piperidine rings is 1. The summed E-state index contributed by atoms with van der Waals surface area (Å²) in [7, 11) is 1.78. The fourth-order valence-electron chi connectivity index (χ4n) is 2.77. The van der Waals surface area contributed by atoms with Crippen LogP contribution in [0.2, 0.25) is 0 Å². The quantitative estimate of drug-likeness (QED) is 0.816. The van der Waals surface area contributed by atoms with Crippen molar-refractivity contribution in [3.8, 4) is 10.4 Å². The molecule has 1 aliphatic rings.